The van der Waals surface area contributed by atoms with Crippen molar-refractivity contribution in [2.24, 2.45) is 0 Å². The first-order valence-electron chi connectivity index (χ1n) is 13.0. The number of anilines is 1. The SMILES string of the molecule is CCC(c1nc2ccccc2c(=O)n1-c1ccc(Br)cc1)N(Cc1ccccc1)C(=O)Nc1ccc(OC)cc1. The third-order valence-electron chi connectivity index (χ3n) is 6.75. The van der Waals surface area contributed by atoms with Gasteiger partial charge in [0.25, 0.3) is 5.56 Å². The lowest BCUT2D eigenvalue weighted by Crippen LogP contribution is -2.40. The van der Waals surface area contributed by atoms with Crippen LogP contribution in [0.25, 0.3) is 16.6 Å². The lowest BCUT2D eigenvalue weighted by Gasteiger charge is -2.32. The van der Waals surface area contributed by atoms with E-state index in [1.807, 2.05) is 79.7 Å². The van der Waals surface area contributed by atoms with Crippen molar-refractivity contribution in [1.82, 2.24) is 14.5 Å². The molecule has 0 fully saturated rings. The predicted molar refractivity (Wildman–Crippen MR) is 162 cm³/mol. The van der Waals surface area contributed by atoms with Crippen molar-refractivity contribution in [1.29, 1.82) is 0 Å². The minimum absolute atomic E-state index is 0.184. The van der Waals surface area contributed by atoms with Crippen LogP contribution in [-0.2, 0) is 6.54 Å². The number of methoxy groups -OCH3 is 1. The molecule has 1 aromatic heterocycles. The van der Waals surface area contributed by atoms with E-state index in [-0.39, 0.29) is 11.6 Å². The third kappa shape index (κ3) is 5.77. The van der Waals surface area contributed by atoms with E-state index in [2.05, 4.69) is 21.2 Å². The number of nitrogens with zero attached hydrogens (tertiary/aromatic N) is 3. The predicted octanol–water partition coefficient (Wildman–Crippen LogP) is 7.34. The molecule has 8 heteroatoms. The molecule has 0 saturated carbocycles. The van der Waals surface area contributed by atoms with Gasteiger partial charge in [0, 0.05) is 16.7 Å². The highest BCUT2D eigenvalue weighted by Crippen LogP contribution is 2.29. The number of carbonyl (C=O) groups excluding carboxylic acids is 1. The Bertz CT molecular complexity index is 1670. The Morgan fingerprint density at radius 2 is 1.62 bits per heavy atom. The average Bonchev–Trinajstić information content (AvgIpc) is 2.99. The molecule has 0 aliphatic carbocycles. The normalized spacial score (nSPS) is 11.7. The van der Waals surface area contributed by atoms with Gasteiger partial charge in [-0.15, -0.1) is 0 Å². The van der Waals surface area contributed by atoms with Crippen LogP contribution in [-0.4, -0.2) is 27.6 Å². The van der Waals surface area contributed by atoms with Gasteiger partial charge >= 0.3 is 6.03 Å². The van der Waals surface area contributed by atoms with E-state index >= 15 is 0 Å². The summed E-state index contributed by atoms with van der Waals surface area (Å²) in [4.78, 5) is 34.6. The first-order valence-corrected chi connectivity index (χ1v) is 13.8. The molecule has 7 nitrogen and oxygen atoms in total. The lowest BCUT2D eigenvalue weighted by molar-refractivity contribution is 0.177. The fourth-order valence-electron chi connectivity index (χ4n) is 4.73. The molecular weight excluding hydrogens is 568 g/mol. The summed E-state index contributed by atoms with van der Waals surface area (Å²) in [5.74, 6) is 1.19. The van der Waals surface area contributed by atoms with Gasteiger partial charge in [0.15, 0.2) is 0 Å². The van der Waals surface area contributed by atoms with Gasteiger partial charge in [0.1, 0.15) is 11.6 Å². The van der Waals surface area contributed by atoms with E-state index in [1.54, 1.807) is 46.9 Å². The largest absolute Gasteiger partial charge is 0.497 e. The van der Waals surface area contributed by atoms with E-state index in [0.29, 0.717) is 46.8 Å². The van der Waals surface area contributed by atoms with Gasteiger partial charge in [-0.1, -0.05) is 65.3 Å². The van der Waals surface area contributed by atoms with E-state index in [0.717, 1.165) is 10.0 Å². The van der Waals surface area contributed by atoms with Crippen molar-refractivity contribution in [3.63, 3.8) is 0 Å². The van der Waals surface area contributed by atoms with Gasteiger partial charge in [-0.2, -0.15) is 0 Å². The second-order valence-electron chi connectivity index (χ2n) is 9.30. The fourth-order valence-corrected chi connectivity index (χ4v) is 4.99. The zero-order valence-corrected chi connectivity index (χ0v) is 23.8. The number of rotatable bonds is 8. The molecular formula is C32H29BrN4O3. The van der Waals surface area contributed by atoms with Gasteiger partial charge in [0.2, 0.25) is 0 Å². The average molecular weight is 598 g/mol. The number of fused-ring (bicyclic) bond motifs is 1. The van der Waals surface area contributed by atoms with E-state index in [4.69, 9.17) is 9.72 Å². The van der Waals surface area contributed by atoms with Gasteiger partial charge in [-0.05, 0) is 72.6 Å². The summed E-state index contributed by atoms with van der Waals surface area (Å²) >= 11 is 3.49. The minimum Gasteiger partial charge on any atom is -0.497 e. The second-order valence-corrected chi connectivity index (χ2v) is 10.2. The van der Waals surface area contributed by atoms with Crippen LogP contribution in [0.15, 0.2) is 112 Å². The molecule has 0 aliphatic heterocycles. The van der Waals surface area contributed by atoms with E-state index < -0.39 is 6.04 Å². The quantitative estimate of drug-likeness (QED) is 0.203. The highest BCUT2D eigenvalue weighted by atomic mass is 79.9. The number of ether oxygens (including phenoxy) is 1. The van der Waals surface area contributed by atoms with Crippen LogP contribution < -0.4 is 15.6 Å². The summed E-state index contributed by atoms with van der Waals surface area (Å²) in [6.07, 6.45) is 0.532. The molecule has 0 saturated heterocycles. The second kappa shape index (κ2) is 12.2. The number of hydrogen-bond donors (Lipinski definition) is 1. The number of aromatic nitrogens is 2. The maximum atomic E-state index is 13.9. The topological polar surface area (TPSA) is 76.5 Å². The summed E-state index contributed by atoms with van der Waals surface area (Å²) in [6, 6.07) is 31.0. The lowest BCUT2D eigenvalue weighted by atomic mass is 10.1. The van der Waals surface area contributed by atoms with Crippen molar-refractivity contribution in [3.8, 4) is 11.4 Å². The highest BCUT2D eigenvalue weighted by Gasteiger charge is 2.29. The molecule has 5 rings (SSSR count). The first kappa shape index (κ1) is 27.1. The molecule has 202 valence electrons. The van der Waals surface area contributed by atoms with Gasteiger partial charge in [0.05, 0.1) is 29.7 Å². The van der Waals surface area contributed by atoms with E-state index in [1.165, 1.54) is 0 Å². The molecule has 1 N–H and O–H groups in total. The van der Waals surface area contributed by atoms with Crippen LogP contribution in [0, 0.1) is 0 Å². The Morgan fingerprint density at radius 1 is 0.950 bits per heavy atom. The zero-order valence-electron chi connectivity index (χ0n) is 22.3. The standard InChI is InChI=1S/C32H29BrN4O3/c1-3-29(30-35-28-12-8-7-11-27(28)31(38)37(30)25-17-13-23(33)14-18-25)36(21-22-9-5-4-6-10-22)32(39)34-24-15-19-26(40-2)20-16-24/h4-20,29H,3,21H2,1-2H3,(H,34,39). The van der Waals surface area contributed by atoms with Crippen LogP contribution in [0.2, 0.25) is 0 Å². The van der Waals surface area contributed by atoms with Crippen LogP contribution in [0.5, 0.6) is 5.75 Å². The molecule has 1 atom stereocenters. The number of amides is 2. The summed E-state index contributed by atoms with van der Waals surface area (Å²) < 4.78 is 7.78. The van der Waals surface area contributed by atoms with Gasteiger partial charge in [-0.25, -0.2) is 9.78 Å². The number of benzene rings is 4. The molecule has 0 bridgehead atoms. The summed E-state index contributed by atoms with van der Waals surface area (Å²) in [5.41, 5.74) is 2.68. The first-order chi connectivity index (χ1) is 19.5. The smallest absolute Gasteiger partial charge is 0.322 e. The minimum atomic E-state index is -0.514. The Morgan fingerprint density at radius 3 is 2.30 bits per heavy atom. The monoisotopic (exact) mass is 596 g/mol. The van der Waals surface area contributed by atoms with Crippen molar-refractivity contribution >= 4 is 38.6 Å². The Hall–Kier alpha value is -4.43. The molecule has 0 aliphatic rings. The molecule has 5 aromatic rings. The van der Waals surface area contributed by atoms with Crippen molar-refractivity contribution < 1.29 is 9.53 Å². The molecule has 2 amide bonds. The number of urea groups is 1. The number of hydrogen-bond acceptors (Lipinski definition) is 4. The molecule has 0 spiro atoms. The molecule has 4 aromatic carbocycles. The van der Waals surface area contributed by atoms with Gasteiger partial charge in [-0.3, -0.25) is 9.36 Å². The van der Waals surface area contributed by atoms with Crippen LogP contribution in [0.1, 0.15) is 30.8 Å². The Labute approximate surface area is 241 Å². The van der Waals surface area contributed by atoms with Crippen LogP contribution >= 0.6 is 15.9 Å². The Balaban J connectivity index is 1.65. The zero-order chi connectivity index (χ0) is 28.1. The number of carbonyl (C=O) groups is 1. The molecule has 1 heterocycles. The van der Waals surface area contributed by atoms with Crippen molar-refractivity contribution in [2.45, 2.75) is 25.9 Å². The fraction of sp³-hybridized carbons (Fsp3) is 0.156. The number of halogens is 1. The maximum absolute atomic E-state index is 13.9. The van der Waals surface area contributed by atoms with E-state index in [9.17, 15) is 9.59 Å². The number of nitrogens with one attached hydrogen (secondary N) is 1. The van der Waals surface area contributed by atoms with Gasteiger partial charge < -0.3 is 15.0 Å². The van der Waals surface area contributed by atoms with Crippen LogP contribution in [0.4, 0.5) is 10.5 Å². The summed E-state index contributed by atoms with van der Waals surface area (Å²) in [6.45, 7) is 2.32. The highest BCUT2D eigenvalue weighted by molar-refractivity contribution is 9.10. The number of para-hydroxylation sites is 1. The third-order valence-corrected chi connectivity index (χ3v) is 7.27. The maximum Gasteiger partial charge on any atom is 0.322 e. The molecule has 1 unspecified atom stereocenters. The van der Waals surface area contributed by atoms with Crippen molar-refractivity contribution in [3.05, 3.63) is 129 Å². The van der Waals surface area contributed by atoms with Crippen LogP contribution in [0.3, 0.4) is 0 Å². The summed E-state index contributed by atoms with van der Waals surface area (Å²) in [5, 5.41) is 3.54. The molecule has 0 radical (unpaired) electrons. The molecule has 40 heavy (non-hydrogen) atoms. The van der Waals surface area contributed by atoms with Crippen molar-refractivity contribution in [2.75, 3.05) is 12.4 Å². The Kier molecular flexibility index (Phi) is 8.26. The summed E-state index contributed by atoms with van der Waals surface area (Å²) in [7, 11) is 1.60.